The third-order valence-electron chi connectivity index (χ3n) is 6.04. The van der Waals surface area contributed by atoms with E-state index in [4.69, 9.17) is 17.3 Å². The average molecular weight is 476 g/mol. The van der Waals surface area contributed by atoms with Gasteiger partial charge in [0, 0.05) is 49.1 Å². The van der Waals surface area contributed by atoms with Crippen molar-refractivity contribution in [3.63, 3.8) is 0 Å². The number of ketones is 1. The highest BCUT2D eigenvalue weighted by molar-refractivity contribution is 6.32. The largest absolute Gasteiger partial charge is 0.325 e. The van der Waals surface area contributed by atoms with Crippen LogP contribution in [0.5, 0.6) is 0 Å². The molecule has 0 saturated carbocycles. The highest BCUT2D eigenvalue weighted by atomic mass is 35.5. The number of benzene rings is 1. The standard InChI is InChI=1S/C24H22ClN7O2/c1-30-7-3-4-15(24(30)34)13-32-23(25)19(11-29-32)22-18(10-28-31(22)2)14-5-6-16-17(8-14)20(9-26)27-12-21(16)33/h3-8,10-11H,9,12-13,26H2,1-2H3. The van der Waals surface area contributed by atoms with Gasteiger partial charge in [-0.3, -0.25) is 19.3 Å². The summed E-state index contributed by atoms with van der Waals surface area (Å²) in [4.78, 5) is 29.1. The third-order valence-corrected chi connectivity index (χ3v) is 6.44. The second-order valence-corrected chi connectivity index (χ2v) is 8.50. The highest BCUT2D eigenvalue weighted by Gasteiger charge is 2.23. The molecule has 0 atom stereocenters. The van der Waals surface area contributed by atoms with Crippen molar-refractivity contribution in [2.45, 2.75) is 6.54 Å². The number of carbonyl (C=O) groups excluding carboxylic acids is 1. The minimum absolute atomic E-state index is 0.0264. The van der Waals surface area contributed by atoms with Crippen molar-refractivity contribution >= 4 is 23.1 Å². The Morgan fingerprint density at radius 1 is 1.03 bits per heavy atom. The maximum Gasteiger partial charge on any atom is 0.255 e. The number of aromatic nitrogens is 5. The molecule has 2 N–H and O–H groups in total. The summed E-state index contributed by atoms with van der Waals surface area (Å²) in [5.74, 6) is -0.0264. The van der Waals surface area contributed by atoms with Crippen molar-refractivity contribution in [2.75, 3.05) is 13.1 Å². The summed E-state index contributed by atoms with van der Waals surface area (Å²) >= 11 is 6.74. The molecule has 1 aromatic carbocycles. The summed E-state index contributed by atoms with van der Waals surface area (Å²) in [5.41, 5.74) is 11.6. The van der Waals surface area contributed by atoms with E-state index < -0.39 is 0 Å². The first-order valence-corrected chi connectivity index (χ1v) is 11.1. The van der Waals surface area contributed by atoms with Crippen molar-refractivity contribution < 1.29 is 4.79 Å². The van der Waals surface area contributed by atoms with Crippen LogP contribution < -0.4 is 11.3 Å². The molecule has 0 aliphatic carbocycles. The number of rotatable bonds is 5. The Morgan fingerprint density at radius 3 is 2.62 bits per heavy atom. The Kier molecular flexibility index (Phi) is 5.51. The third kappa shape index (κ3) is 3.59. The number of hydrogen-bond donors (Lipinski definition) is 1. The summed E-state index contributed by atoms with van der Waals surface area (Å²) < 4.78 is 4.84. The summed E-state index contributed by atoms with van der Waals surface area (Å²) in [7, 11) is 3.53. The monoisotopic (exact) mass is 475 g/mol. The number of nitrogens with zero attached hydrogens (tertiary/aromatic N) is 6. The van der Waals surface area contributed by atoms with Gasteiger partial charge in [-0.1, -0.05) is 29.8 Å². The van der Waals surface area contributed by atoms with Gasteiger partial charge in [-0.05, 0) is 17.7 Å². The minimum Gasteiger partial charge on any atom is -0.325 e. The van der Waals surface area contributed by atoms with E-state index in [0.29, 0.717) is 27.6 Å². The number of halogens is 1. The van der Waals surface area contributed by atoms with E-state index in [1.165, 1.54) is 4.57 Å². The first-order chi connectivity index (χ1) is 16.4. The molecule has 172 valence electrons. The fraction of sp³-hybridized carbons (Fsp3) is 0.208. The number of carbonyl (C=O) groups is 1. The van der Waals surface area contributed by atoms with Crippen molar-refractivity contribution in [1.29, 1.82) is 0 Å². The molecule has 0 saturated heterocycles. The highest BCUT2D eigenvalue weighted by Crippen LogP contribution is 2.36. The topological polar surface area (TPSA) is 113 Å². The molecule has 0 fully saturated rings. The predicted molar refractivity (Wildman–Crippen MR) is 130 cm³/mol. The fourth-order valence-electron chi connectivity index (χ4n) is 4.25. The van der Waals surface area contributed by atoms with Crippen LogP contribution in [0.25, 0.3) is 22.4 Å². The molecule has 10 heteroatoms. The van der Waals surface area contributed by atoms with E-state index >= 15 is 0 Å². The number of aryl methyl sites for hydroxylation is 2. The summed E-state index contributed by atoms with van der Waals surface area (Å²) in [6.45, 7) is 0.619. The summed E-state index contributed by atoms with van der Waals surface area (Å²) in [5, 5.41) is 9.27. The first-order valence-electron chi connectivity index (χ1n) is 10.7. The second-order valence-electron chi connectivity index (χ2n) is 8.14. The van der Waals surface area contributed by atoms with E-state index in [-0.39, 0.29) is 31.0 Å². The SMILES string of the molecule is Cn1ncc(-c2ccc3c(c2)C(CN)=NCC3=O)c1-c1cnn(Cc2cccn(C)c2=O)c1Cl. The van der Waals surface area contributed by atoms with Gasteiger partial charge in [0.2, 0.25) is 0 Å². The van der Waals surface area contributed by atoms with Crippen LogP contribution in [-0.2, 0) is 20.6 Å². The molecule has 0 radical (unpaired) electrons. The van der Waals surface area contributed by atoms with Crippen LogP contribution in [0.4, 0.5) is 0 Å². The molecular weight excluding hydrogens is 454 g/mol. The number of hydrogen-bond acceptors (Lipinski definition) is 6. The van der Waals surface area contributed by atoms with E-state index in [0.717, 1.165) is 22.4 Å². The maximum atomic E-state index is 12.4. The number of nitrogens with two attached hydrogens (primary N) is 1. The lowest BCUT2D eigenvalue weighted by atomic mass is 9.92. The first kappa shape index (κ1) is 22.0. The van der Waals surface area contributed by atoms with Crippen LogP contribution in [0, 0.1) is 0 Å². The zero-order valence-corrected chi connectivity index (χ0v) is 19.5. The molecule has 4 heterocycles. The predicted octanol–water partition coefficient (Wildman–Crippen LogP) is 2.30. The maximum absolute atomic E-state index is 12.4. The Bertz CT molecular complexity index is 1530. The van der Waals surface area contributed by atoms with Gasteiger partial charge in [0.25, 0.3) is 5.56 Å². The molecule has 0 bridgehead atoms. The number of pyridine rings is 1. The normalized spacial score (nSPS) is 13.2. The molecular formula is C24H22ClN7O2. The van der Waals surface area contributed by atoms with Crippen molar-refractivity contribution in [2.24, 2.45) is 24.8 Å². The van der Waals surface area contributed by atoms with Crippen LogP contribution in [0.1, 0.15) is 21.5 Å². The van der Waals surface area contributed by atoms with E-state index in [1.54, 1.807) is 41.1 Å². The lowest BCUT2D eigenvalue weighted by Crippen LogP contribution is -2.24. The van der Waals surface area contributed by atoms with Crippen LogP contribution in [0.3, 0.4) is 0 Å². The van der Waals surface area contributed by atoms with Crippen molar-refractivity contribution in [3.8, 4) is 22.4 Å². The second kappa shape index (κ2) is 8.51. The molecule has 0 amide bonds. The number of aliphatic imine (C=N–C) groups is 1. The fourth-order valence-corrected chi connectivity index (χ4v) is 4.49. The molecule has 4 aromatic rings. The molecule has 3 aromatic heterocycles. The van der Waals surface area contributed by atoms with Crippen molar-refractivity contribution in [1.82, 2.24) is 24.1 Å². The smallest absolute Gasteiger partial charge is 0.255 e. The van der Waals surface area contributed by atoms with Gasteiger partial charge in [-0.25, -0.2) is 4.68 Å². The van der Waals surface area contributed by atoms with Gasteiger partial charge in [0.15, 0.2) is 5.78 Å². The molecule has 0 unspecified atom stereocenters. The van der Waals surface area contributed by atoms with Crippen LogP contribution in [0.15, 0.2) is 58.7 Å². The Hall–Kier alpha value is -3.82. The molecule has 1 aliphatic heterocycles. The molecule has 1 aliphatic rings. The van der Waals surface area contributed by atoms with E-state index in [1.807, 2.05) is 31.3 Å². The quantitative estimate of drug-likeness (QED) is 0.476. The molecule has 9 nitrogen and oxygen atoms in total. The zero-order valence-electron chi connectivity index (χ0n) is 18.7. The summed E-state index contributed by atoms with van der Waals surface area (Å²) in [6, 6.07) is 9.20. The van der Waals surface area contributed by atoms with Gasteiger partial charge in [0.05, 0.1) is 35.9 Å². The minimum atomic E-state index is -0.0992. The lowest BCUT2D eigenvalue weighted by molar-refractivity contribution is 0.1000. The van der Waals surface area contributed by atoms with Crippen molar-refractivity contribution in [3.05, 3.63) is 81.1 Å². The zero-order chi connectivity index (χ0) is 24.0. The number of Topliss-reactive ketones (excluding diaryl/α,β-unsaturated/α-hetero) is 1. The van der Waals surface area contributed by atoms with Crippen LogP contribution >= 0.6 is 11.6 Å². The van der Waals surface area contributed by atoms with Gasteiger partial charge in [-0.2, -0.15) is 10.2 Å². The average Bonchev–Trinajstić information content (AvgIpc) is 3.38. The van der Waals surface area contributed by atoms with Crippen LogP contribution in [-0.4, -0.2) is 48.7 Å². The Labute approximate surface area is 200 Å². The lowest BCUT2D eigenvalue weighted by Gasteiger charge is -2.16. The Balaban J connectivity index is 1.57. The summed E-state index contributed by atoms with van der Waals surface area (Å²) in [6.07, 6.45) is 5.13. The number of fused-ring (bicyclic) bond motifs is 1. The van der Waals surface area contributed by atoms with Crippen LogP contribution in [0.2, 0.25) is 5.15 Å². The van der Waals surface area contributed by atoms with Gasteiger partial charge in [0.1, 0.15) is 11.7 Å². The van der Waals surface area contributed by atoms with Gasteiger partial charge in [-0.15, -0.1) is 0 Å². The molecule has 5 rings (SSSR count). The van der Waals surface area contributed by atoms with E-state index in [2.05, 4.69) is 15.2 Å². The van der Waals surface area contributed by atoms with Gasteiger partial charge >= 0.3 is 0 Å². The molecule has 0 spiro atoms. The molecule has 34 heavy (non-hydrogen) atoms. The Morgan fingerprint density at radius 2 is 1.82 bits per heavy atom. The van der Waals surface area contributed by atoms with Gasteiger partial charge < -0.3 is 10.3 Å². The van der Waals surface area contributed by atoms with E-state index in [9.17, 15) is 9.59 Å².